The number of imidazole rings is 1. The highest BCUT2D eigenvalue weighted by atomic mass is 35.5. The molecular weight excluding hydrogens is 278 g/mol. The summed E-state index contributed by atoms with van der Waals surface area (Å²) in [6, 6.07) is 5.13. The Morgan fingerprint density at radius 2 is 2.25 bits per heavy atom. The molecule has 1 atom stereocenters. The van der Waals surface area contributed by atoms with Gasteiger partial charge in [-0.05, 0) is 24.5 Å². The Balaban J connectivity index is 2.25. The number of hydrogen-bond donors (Lipinski definition) is 2. The van der Waals surface area contributed by atoms with E-state index >= 15 is 0 Å². The summed E-state index contributed by atoms with van der Waals surface area (Å²) >= 11 is 6.04. The summed E-state index contributed by atoms with van der Waals surface area (Å²) in [5, 5.41) is 12.3. The number of amides is 1. The first kappa shape index (κ1) is 14.8. The van der Waals surface area contributed by atoms with Gasteiger partial charge < -0.3 is 10.4 Å². The Hall–Kier alpha value is -1.59. The smallest absolute Gasteiger partial charge is 0.271 e. The van der Waals surface area contributed by atoms with Crippen LogP contribution in [-0.4, -0.2) is 33.0 Å². The average Bonchev–Trinajstić information content (AvgIpc) is 2.73. The molecule has 0 saturated carbocycles. The molecule has 108 valence electrons. The molecule has 0 aliphatic carbocycles. The summed E-state index contributed by atoms with van der Waals surface area (Å²) < 4.78 is 1.64. The van der Waals surface area contributed by atoms with E-state index in [0.29, 0.717) is 23.7 Å². The summed E-state index contributed by atoms with van der Waals surface area (Å²) in [7, 11) is 0. The van der Waals surface area contributed by atoms with Crippen molar-refractivity contribution in [1.82, 2.24) is 14.7 Å². The highest BCUT2D eigenvalue weighted by Crippen LogP contribution is 2.18. The third kappa shape index (κ3) is 3.11. The molecule has 0 bridgehead atoms. The fourth-order valence-electron chi connectivity index (χ4n) is 2.17. The standard InChI is InChI=1S/C14H18ClN3O2/c1-9(2)7-10(8-19)16-14(20)12-13(15)17-11-5-3-4-6-18(11)12/h3-6,9-10,19H,7-8H2,1-2H3,(H,16,20). The van der Waals surface area contributed by atoms with Crippen LogP contribution < -0.4 is 5.32 Å². The van der Waals surface area contributed by atoms with Gasteiger partial charge in [-0.1, -0.05) is 31.5 Å². The molecular formula is C14H18ClN3O2. The monoisotopic (exact) mass is 295 g/mol. The van der Waals surface area contributed by atoms with Crippen LogP contribution in [0, 0.1) is 5.92 Å². The first-order valence-electron chi connectivity index (χ1n) is 6.57. The zero-order valence-corrected chi connectivity index (χ0v) is 12.3. The Bertz CT molecular complexity index is 609. The van der Waals surface area contributed by atoms with Crippen LogP contribution in [0.5, 0.6) is 0 Å². The van der Waals surface area contributed by atoms with Crippen molar-refractivity contribution in [3.8, 4) is 0 Å². The van der Waals surface area contributed by atoms with E-state index in [1.807, 2.05) is 19.9 Å². The lowest BCUT2D eigenvalue weighted by molar-refractivity contribution is 0.0902. The first-order chi connectivity index (χ1) is 9.52. The van der Waals surface area contributed by atoms with Crippen LogP contribution in [0.15, 0.2) is 24.4 Å². The second kappa shape index (κ2) is 6.24. The SMILES string of the molecule is CC(C)CC(CO)NC(=O)c1c(Cl)nc2ccccn12. The van der Waals surface area contributed by atoms with Gasteiger partial charge in [-0.25, -0.2) is 4.98 Å². The van der Waals surface area contributed by atoms with Gasteiger partial charge in [0.05, 0.1) is 12.6 Å². The van der Waals surface area contributed by atoms with Crippen LogP contribution in [0.3, 0.4) is 0 Å². The number of rotatable bonds is 5. The molecule has 0 radical (unpaired) electrons. The van der Waals surface area contributed by atoms with E-state index in [0.717, 1.165) is 0 Å². The van der Waals surface area contributed by atoms with Gasteiger partial charge in [0.2, 0.25) is 0 Å². The van der Waals surface area contributed by atoms with Gasteiger partial charge in [-0.2, -0.15) is 0 Å². The Morgan fingerprint density at radius 3 is 2.90 bits per heavy atom. The van der Waals surface area contributed by atoms with Gasteiger partial charge in [0.25, 0.3) is 5.91 Å². The van der Waals surface area contributed by atoms with Crippen molar-refractivity contribution < 1.29 is 9.90 Å². The molecule has 1 amide bonds. The van der Waals surface area contributed by atoms with E-state index in [1.165, 1.54) is 0 Å². The fraction of sp³-hybridized carbons (Fsp3) is 0.429. The van der Waals surface area contributed by atoms with Crippen LogP contribution in [0.2, 0.25) is 5.15 Å². The van der Waals surface area contributed by atoms with Crippen molar-refractivity contribution in [2.45, 2.75) is 26.3 Å². The molecule has 0 aliphatic heterocycles. The zero-order chi connectivity index (χ0) is 14.7. The zero-order valence-electron chi connectivity index (χ0n) is 11.5. The Labute approximate surface area is 122 Å². The lowest BCUT2D eigenvalue weighted by atomic mass is 10.0. The van der Waals surface area contributed by atoms with Crippen molar-refractivity contribution in [2.75, 3.05) is 6.61 Å². The number of pyridine rings is 1. The van der Waals surface area contributed by atoms with Crippen molar-refractivity contribution in [1.29, 1.82) is 0 Å². The largest absolute Gasteiger partial charge is 0.394 e. The number of aliphatic hydroxyl groups is 1. The summed E-state index contributed by atoms with van der Waals surface area (Å²) in [5.74, 6) is 0.0542. The van der Waals surface area contributed by atoms with Crippen LogP contribution in [0.25, 0.3) is 5.65 Å². The quantitative estimate of drug-likeness (QED) is 0.888. The number of fused-ring (bicyclic) bond motifs is 1. The van der Waals surface area contributed by atoms with Crippen molar-refractivity contribution in [2.24, 2.45) is 5.92 Å². The molecule has 0 aliphatic rings. The third-order valence-corrected chi connectivity index (χ3v) is 3.28. The molecule has 20 heavy (non-hydrogen) atoms. The second-order valence-electron chi connectivity index (χ2n) is 5.16. The normalized spacial score (nSPS) is 12.8. The molecule has 2 rings (SSSR count). The molecule has 0 aromatic carbocycles. The van der Waals surface area contributed by atoms with Crippen LogP contribution in [0.1, 0.15) is 30.8 Å². The van der Waals surface area contributed by atoms with Crippen molar-refractivity contribution in [3.05, 3.63) is 35.2 Å². The number of nitrogens with zero attached hydrogens (tertiary/aromatic N) is 2. The molecule has 5 nitrogen and oxygen atoms in total. The highest BCUT2D eigenvalue weighted by molar-refractivity contribution is 6.32. The predicted molar refractivity (Wildman–Crippen MR) is 78.0 cm³/mol. The number of aliphatic hydroxyl groups excluding tert-OH is 1. The Kier molecular flexibility index (Phi) is 4.62. The summed E-state index contributed by atoms with van der Waals surface area (Å²) in [6.07, 6.45) is 2.44. The van der Waals surface area contributed by atoms with E-state index in [4.69, 9.17) is 11.6 Å². The van der Waals surface area contributed by atoms with E-state index in [-0.39, 0.29) is 23.7 Å². The van der Waals surface area contributed by atoms with Crippen LogP contribution in [-0.2, 0) is 0 Å². The van der Waals surface area contributed by atoms with E-state index in [2.05, 4.69) is 10.3 Å². The molecule has 1 unspecified atom stereocenters. The first-order valence-corrected chi connectivity index (χ1v) is 6.95. The van der Waals surface area contributed by atoms with Gasteiger partial charge in [-0.15, -0.1) is 0 Å². The summed E-state index contributed by atoms with van der Waals surface area (Å²) in [4.78, 5) is 16.5. The van der Waals surface area contributed by atoms with Crippen molar-refractivity contribution >= 4 is 23.2 Å². The minimum Gasteiger partial charge on any atom is -0.394 e. The van der Waals surface area contributed by atoms with Crippen LogP contribution in [0.4, 0.5) is 0 Å². The predicted octanol–water partition coefficient (Wildman–Crippen LogP) is 2.12. The lowest BCUT2D eigenvalue weighted by Gasteiger charge is -2.18. The maximum atomic E-state index is 12.3. The molecule has 0 spiro atoms. The number of aromatic nitrogens is 2. The summed E-state index contributed by atoms with van der Waals surface area (Å²) in [6.45, 7) is 3.98. The van der Waals surface area contributed by atoms with E-state index in [1.54, 1.807) is 22.7 Å². The van der Waals surface area contributed by atoms with Gasteiger partial charge in [0.1, 0.15) is 5.65 Å². The maximum absolute atomic E-state index is 12.3. The number of carbonyl (C=O) groups is 1. The fourth-order valence-corrected chi connectivity index (χ4v) is 2.44. The number of carbonyl (C=O) groups excluding carboxylic acids is 1. The highest BCUT2D eigenvalue weighted by Gasteiger charge is 2.21. The molecule has 2 N–H and O–H groups in total. The second-order valence-corrected chi connectivity index (χ2v) is 5.52. The van der Waals surface area contributed by atoms with Gasteiger partial charge in [-0.3, -0.25) is 9.20 Å². The molecule has 0 saturated heterocycles. The Morgan fingerprint density at radius 1 is 1.50 bits per heavy atom. The topological polar surface area (TPSA) is 66.6 Å². The molecule has 0 fully saturated rings. The number of hydrogen-bond acceptors (Lipinski definition) is 3. The summed E-state index contributed by atoms with van der Waals surface area (Å²) in [5.41, 5.74) is 0.913. The number of nitrogens with one attached hydrogen (secondary N) is 1. The van der Waals surface area contributed by atoms with E-state index < -0.39 is 0 Å². The molecule has 6 heteroatoms. The minimum atomic E-state index is -0.326. The minimum absolute atomic E-state index is 0.0989. The van der Waals surface area contributed by atoms with Gasteiger partial charge >= 0.3 is 0 Å². The number of halogens is 1. The maximum Gasteiger partial charge on any atom is 0.271 e. The molecule has 2 heterocycles. The van der Waals surface area contributed by atoms with Gasteiger partial charge in [0, 0.05) is 6.20 Å². The average molecular weight is 296 g/mol. The molecule has 2 aromatic heterocycles. The van der Waals surface area contributed by atoms with Crippen molar-refractivity contribution in [3.63, 3.8) is 0 Å². The molecule has 2 aromatic rings. The van der Waals surface area contributed by atoms with Gasteiger partial charge in [0.15, 0.2) is 10.8 Å². The lowest BCUT2D eigenvalue weighted by Crippen LogP contribution is -2.39. The van der Waals surface area contributed by atoms with E-state index in [9.17, 15) is 9.90 Å². The third-order valence-electron chi connectivity index (χ3n) is 3.01. The van der Waals surface area contributed by atoms with Crippen LogP contribution >= 0.6 is 11.6 Å².